The number of nitrogens with zero attached hydrogens (tertiary/aromatic N) is 1. The van der Waals surface area contributed by atoms with Crippen LogP contribution in [0.2, 0.25) is 0 Å². The van der Waals surface area contributed by atoms with Gasteiger partial charge in [0, 0.05) is 20.1 Å². The van der Waals surface area contributed by atoms with Crippen LogP contribution in [0.3, 0.4) is 0 Å². The number of nitrogens with one attached hydrogen (secondary N) is 2. The number of fused-ring (bicyclic) bond motifs is 1. The number of benzene rings is 2. The molecule has 3 aromatic rings. The van der Waals surface area contributed by atoms with Gasteiger partial charge in [0.1, 0.15) is 11.9 Å². The molecule has 29 heavy (non-hydrogen) atoms. The monoisotopic (exact) mass is 423 g/mol. The molecule has 3 rings (SSSR count). The van der Waals surface area contributed by atoms with Gasteiger partial charge in [-0.05, 0) is 43.3 Å². The highest BCUT2D eigenvalue weighted by Gasteiger charge is 2.20. The van der Waals surface area contributed by atoms with Crippen molar-refractivity contribution in [2.45, 2.75) is 17.9 Å². The zero-order valence-electron chi connectivity index (χ0n) is 15.5. The lowest BCUT2D eigenvalue weighted by Crippen LogP contribution is -2.30. The van der Waals surface area contributed by atoms with E-state index in [2.05, 4.69) is 10.1 Å². The molecule has 2 aromatic carbocycles. The molecule has 8 nitrogen and oxygen atoms in total. The highest BCUT2D eigenvalue weighted by atomic mass is 32.2. The Morgan fingerprint density at radius 1 is 1.14 bits per heavy atom. The first-order valence-electron chi connectivity index (χ1n) is 8.49. The Morgan fingerprint density at radius 3 is 2.48 bits per heavy atom. The van der Waals surface area contributed by atoms with E-state index in [1.54, 1.807) is 36.0 Å². The molecule has 0 aliphatic carbocycles. The van der Waals surface area contributed by atoms with Crippen LogP contribution < -0.4 is 10.0 Å². The number of amides is 2. The fraction of sp³-hybridized carbons (Fsp3) is 0.158. The number of rotatable bonds is 5. The van der Waals surface area contributed by atoms with Gasteiger partial charge in [-0.15, -0.1) is 0 Å². The largest absolute Gasteiger partial charge is 0.452 e. The van der Waals surface area contributed by atoms with Gasteiger partial charge in [-0.1, -0.05) is 12.1 Å². The minimum Gasteiger partial charge on any atom is -0.452 e. The van der Waals surface area contributed by atoms with Crippen molar-refractivity contribution in [2.75, 3.05) is 12.4 Å². The van der Waals surface area contributed by atoms with E-state index in [4.69, 9.17) is 0 Å². The van der Waals surface area contributed by atoms with E-state index in [0.717, 1.165) is 7.11 Å². The standard InChI is InChI=1S/C19H18FN3O5S.2H2/c1-12(23-11-10-13-4-3-5-16(20)17(13)23)18(24)21-14-6-8-15(9-7-14)29(26,27)22-19(25)28-2;;/h3-12H,1-2H3,(H,21,24)(H,22,25);2*1H/t12-;;/m1../s1. The van der Waals surface area contributed by atoms with Crippen LogP contribution in [0.1, 0.15) is 15.8 Å². The fourth-order valence-electron chi connectivity index (χ4n) is 2.80. The van der Waals surface area contributed by atoms with Crippen molar-refractivity contribution in [3.05, 3.63) is 60.5 Å². The van der Waals surface area contributed by atoms with Gasteiger partial charge >= 0.3 is 6.09 Å². The molecule has 0 spiro atoms. The van der Waals surface area contributed by atoms with E-state index in [9.17, 15) is 22.4 Å². The van der Waals surface area contributed by atoms with E-state index in [1.165, 1.54) is 34.9 Å². The summed E-state index contributed by atoms with van der Waals surface area (Å²) < 4.78 is 45.7. The number of methoxy groups -OCH3 is 1. The highest BCUT2D eigenvalue weighted by molar-refractivity contribution is 7.90. The number of hydrogen-bond donors (Lipinski definition) is 2. The summed E-state index contributed by atoms with van der Waals surface area (Å²) in [4.78, 5) is 23.5. The number of carbonyl (C=O) groups is 2. The first-order valence-corrected chi connectivity index (χ1v) is 9.98. The zero-order chi connectivity index (χ0) is 21.2. The fourth-order valence-corrected chi connectivity index (χ4v) is 3.71. The van der Waals surface area contributed by atoms with Gasteiger partial charge in [-0.25, -0.2) is 22.3 Å². The normalized spacial score (nSPS) is 12.4. The summed E-state index contributed by atoms with van der Waals surface area (Å²) in [5.74, 6) is -0.839. The Bertz CT molecular complexity index is 1180. The molecule has 1 aromatic heterocycles. The quantitative estimate of drug-likeness (QED) is 0.653. The molecule has 0 radical (unpaired) electrons. The molecule has 2 N–H and O–H groups in total. The third-order valence-corrected chi connectivity index (χ3v) is 5.65. The summed E-state index contributed by atoms with van der Waals surface area (Å²) in [6, 6.07) is 10.9. The summed E-state index contributed by atoms with van der Waals surface area (Å²) in [6.45, 7) is 1.63. The SMILES string of the molecule is COC(=O)NS(=O)(=O)c1ccc(NC(=O)[C@@H](C)n2ccc3cccc(F)c32)cc1.[HH].[HH]. The number of carbonyl (C=O) groups excluding carboxylic acids is 2. The second kappa shape index (κ2) is 7.92. The average Bonchev–Trinajstić information content (AvgIpc) is 3.13. The third-order valence-electron chi connectivity index (χ3n) is 4.32. The molecule has 0 bridgehead atoms. The Hall–Kier alpha value is -3.40. The molecule has 0 saturated heterocycles. The average molecular weight is 423 g/mol. The third kappa shape index (κ3) is 4.21. The van der Waals surface area contributed by atoms with E-state index in [1.807, 2.05) is 0 Å². The number of ether oxygens (including phenoxy) is 1. The van der Waals surface area contributed by atoms with Crippen molar-refractivity contribution in [2.24, 2.45) is 0 Å². The van der Waals surface area contributed by atoms with Crippen molar-refractivity contribution >= 4 is 38.6 Å². The smallest absolute Gasteiger partial charge is 0.420 e. The molecule has 0 fully saturated rings. The van der Waals surface area contributed by atoms with Crippen molar-refractivity contribution < 1.29 is 30.0 Å². The molecular weight excluding hydrogens is 401 g/mol. The summed E-state index contributed by atoms with van der Waals surface area (Å²) in [5.41, 5.74) is 0.668. The van der Waals surface area contributed by atoms with Crippen LogP contribution in [0.4, 0.5) is 14.9 Å². The lowest BCUT2D eigenvalue weighted by Gasteiger charge is -2.16. The topological polar surface area (TPSA) is 106 Å². The summed E-state index contributed by atoms with van der Waals surface area (Å²) in [5, 5.41) is 3.33. The molecule has 0 aliphatic rings. The lowest BCUT2D eigenvalue weighted by atomic mass is 10.2. The zero-order valence-corrected chi connectivity index (χ0v) is 16.4. The molecule has 10 heteroatoms. The van der Waals surface area contributed by atoms with E-state index >= 15 is 0 Å². The second-order valence-corrected chi connectivity index (χ2v) is 7.87. The maximum atomic E-state index is 14.2. The van der Waals surface area contributed by atoms with Crippen LogP contribution in [-0.4, -0.2) is 32.1 Å². The minimum absolute atomic E-state index is 0. The van der Waals surface area contributed by atoms with Crippen molar-refractivity contribution in [3.63, 3.8) is 0 Å². The van der Waals surface area contributed by atoms with E-state index in [-0.39, 0.29) is 7.75 Å². The highest BCUT2D eigenvalue weighted by Crippen LogP contribution is 2.24. The Labute approximate surface area is 169 Å². The van der Waals surface area contributed by atoms with Crippen LogP contribution >= 0.6 is 0 Å². The van der Waals surface area contributed by atoms with Gasteiger partial charge in [0.2, 0.25) is 5.91 Å². The number of para-hydroxylation sites is 1. The van der Waals surface area contributed by atoms with Gasteiger partial charge in [0.05, 0.1) is 17.5 Å². The Balaban J connectivity index is 0.00000240. The minimum atomic E-state index is -4.08. The number of sulfonamides is 1. The van der Waals surface area contributed by atoms with Crippen LogP contribution in [0.15, 0.2) is 59.6 Å². The predicted octanol–water partition coefficient (Wildman–Crippen LogP) is 3.52. The van der Waals surface area contributed by atoms with Gasteiger partial charge in [0.15, 0.2) is 0 Å². The molecular formula is C19H22FN3O5S. The Morgan fingerprint density at radius 2 is 1.83 bits per heavy atom. The second-order valence-electron chi connectivity index (χ2n) is 6.19. The van der Waals surface area contributed by atoms with Crippen molar-refractivity contribution in [3.8, 4) is 0 Å². The van der Waals surface area contributed by atoms with Crippen molar-refractivity contribution in [1.82, 2.24) is 9.29 Å². The van der Waals surface area contributed by atoms with E-state index < -0.39 is 33.9 Å². The summed E-state index contributed by atoms with van der Waals surface area (Å²) in [6.07, 6.45) is 0.522. The number of halogens is 1. The van der Waals surface area contributed by atoms with Gasteiger partial charge in [-0.2, -0.15) is 0 Å². The van der Waals surface area contributed by atoms with Gasteiger partial charge in [0.25, 0.3) is 10.0 Å². The van der Waals surface area contributed by atoms with Crippen molar-refractivity contribution in [1.29, 1.82) is 0 Å². The number of anilines is 1. The molecule has 0 aliphatic heterocycles. The van der Waals surface area contributed by atoms with E-state index in [0.29, 0.717) is 16.6 Å². The molecule has 1 heterocycles. The summed E-state index contributed by atoms with van der Waals surface area (Å²) in [7, 11) is -3.03. The predicted molar refractivity (Wildman–Crippen MR) is 109 cm³/mol. The maximum absolute atomic E-state index is 14.2. The molecule has 1 atom stereocenters. The Kier molecular flexibility index (Phi) is 5.55. The van der Waals surface area contributed by atoms with Crippen LogP contribution in [-0.2, 0) is 19.6 Å². The van der Waals surface area contributed by atoms with Crippen LogP contribution in [0.25, 0.3) is 10.9 Å². The number of hydrogen-bond acceptors (Lipinski definition) is 5. The molecule has 0 saturated carbocycles. The van der Waals surface area contributed by atoms with Crippen LogP contribution in [0.5, 0.6) is 0 Å². The first-order chi connectivity index (χ1) is 13.7. The maximum Gasteiger partial charge on any atom is 0.420 e. The van der Waals surface area contributed by atoms with Crippen LogP contribution in [0, 0.1) is 5.82 Å². The first kappa shape index (κ1) is 20.3. The summed E-state index contributed by atoms with van der Waals surface area (Å²) >= 11 is 0. The number of aromatic nitrogens is 1. The lowest BCUT2D eigenvalue weighted by molar-refractivity contribution is -0.118. The van der Waals surface area contributed by atoms with Gasteiger partial charge in [-0.3, -0.25) is 4.79 Å². The molecule has 156 valence electrons. The molecule has 0 unspecified atom stereocenters. The molecule has 2 amide bonds. The van der Waals surface area contributed by atoms with Gasteiger partial charge < -0.3 is 14.6 Å².